The molecule has 1 aliphatic carbocycles. The van der Waals surface area contributed by atoms with Crippen LogP contribution in [0.3, 0.4) is 0 Å². The van der Waals surface area contributed by atoms with Gasteiger partial charge in [-0.3, -0.25) is 9.78 Å². The first-order valence-electron chi connectivity index (χ1n) is 11.1. The Balaban J connectivity index is 1.62. The molecular weight excluding hydrogens is 422 g/mol. The van der Waals surface area contributed by atoms with Crippen LogP contribution in [0.25, 0.3) is 0 Å². The fraction of sp³-hybridized carbons (Fsp3) is 0.440. The maximum Gasteiger partial charge on any atom is 0.240 e. The molecule has 1 aromatic carbocycles. The number of hydrogen-bond acceptors (Lipinski definition) is 4. The molecule has 172 valence electrons. The van der Waals surface area contributed by atoms with Gasteiger partial charge in [-0.25, -0.2) is 13.1 Å². The van der Waals surface area contributed by atoms with Crippen molar-refractivity contribution >= 4 is 15.9 Å². The molecule has 2 aromatic rings. The van der Waals surface area contributed by atoms with Gasteiger partial charge in [-0.2, -0.15) is 0 Å². The zero-order valence-corrected chi connectivity index (χ0v) is 19.8. The number of nitrogens with one attached hydrogen (secondary N) is 2. The zero-order valence-electron chi connectivity index (χ0n) is 19.0. The summed E-state index contributed by atoms with van der Waals surface area (Å²) >= 11 is 0. The van der Waals surface area contributed by atoms with Crippen molar-refractivity contribution in [3.05, 3.63) is 72.1 Å². The minimum Gasteiger partial charge on any atom is -0.352 e. The van der Waals surface area contributed by atoms with Crippen LogP contribution < -0.4 is 10.0 Å². The number of carbonyl (C=O) groups excluding carboxylic acids is 1. The second-order valence-electron chi connectivity index (χ2n) is 8.92. The quantitative estimate of drug-likeness (QED) is 0.561. The summed E-state index contributed by atoms with van der Waals surface area (Å²) in [5.74, 6) is 0.971. The number of hydrogen-bond donors (Lipinski definition) is 2. The first kappa shape index (κ1) is 24.1. The predicted octanol–water partition coefficient (Wildman–Crippen LogP) is 3.92. The van der Waals surface area contributed by atoms with E-state index in [0.29, 0.717) is 31.3 Å². The molecule has 6 nitrogen and oxygen atoms in total. The lowest BCUT2D eigenvalue weighted by Crippen LogP contribution is -2.37. The summed E-state index contributed by atoms with van der Waals surface area (Å²) in [5.41, 5.74) is 2.13. The highest BCUT2D eigenvalue weighted by molar-refractivity contribution is 7.89. The average Bonchev–Trinajstić information content (AvgIpc) is 2.79. The third-order valence-electron chi connectivity index (χ3n) is 6.29. The lowest BCUT2D eigenvalue weighted by atomic mass is 9.70. The first-order valence-corrected chi connectivity index (χ1v) is 12.6. The van der Waals surface area contributed by atoms with Gasteiger partial charge in [-0.1, -0.05) is 49.8 Å². The average molecular weight is 456 g/mol. The summed E-state index contributed by atoms with van der Waals surface area (Å²) in [6.07, 6.45) is 6.94. The Morgan fingerprint density at radius 1 is 1.16 bits per heavy atom. The lowest BCUT2D eigenvalue weighted by molar-refractivity contribution is -0.122. The van der Waals surface area contributed by atoms with Crippen molar-refractivity contribution < 1.29 is 13.2 Å². The van der Waals surface area contributed by atoms with Crippen LogP contribution in [-0.2, 0) is 21.4 Å². The van der Waals surface area contributed by atoms with E-state index >= 15 is 0 Å². The fourth-order valence-corrected chi connectivity index (χ4v) is 5.49. The van der Waals surface area contributed by atoms with E-state index in [1.807, 2.05) is 19.1 Å². The fourth-order valence-electron chi connectivity index (χ4n) is 4.40. The molecular formula is C25H33N3O3S. The maximum absolute atomic E-state index is 12.6. The van der Waals surface area contributed by atoms with Gasteiger partial charge in [0.2, 0.25) is 15.9 Å². The Labute approximate surface area is 191 Å². The van der Waals surface area contributed by atoms with Gasteiger partial charge in [0.15, 0.2) is 0 Å². The molecule has 1 aliphatic rings. The molecule has 2 N–H and O–H groups in total. The Morgan fingerprint density at radius 2 is 1.91 bits per heavy atom. The molecule has 32 heavy (non-hydrogen) atoms. The summed E-state index contributed by atoms with van der Waals surface area (Å²) in [5, 5.41) is 2.99. The van der Waals surface area contributed by atoms with E-state index in [-0.39, 0.29) is 22.6 Å². The van der Waals surface area contributed by atoms with Crippen molar-refractivity contribution in [3.8, 4) is 0 Å². The van der Waals surface area contributed by atoms with Crippen LogP contribution in [0.15, 0.2) is 71.4 Å². The van der Waals surface area contributed by atoms with Crippen LogP contribution in [0.1, 0.15) is 39.2 Å². The minimum atomic E-state index is -3.54. The molecule has 1 heterocycles. The van der Waals surface area contributed by atoms with Gasteiger partial charge in [-0.05, 0) is 60.8 Å². The number of pyridine rings is 1. The van der Waals surface area contributed by atoms with Gasteiger partial charge in [0.05, 0.1) is 4.90 Å². The lowest BCUT2D eigenvalue weighted by Gasteiger charge is -2.37. The smallest absolute Gasteiger partial charge is 0.240 e. The predicted molar refractivity (Wildman–Crippen MR) is 126 cm³/mol. The number of amides is 1. The van der Waals surface area contributed by atoms with E-state index in [1.165, 1.54) is 0 Å². The zero-order chi connectivity index (χ0) is 23.1. The van der Waals surface area contributed by atoms with Crippen molar-refractivity contribution in [3.63, 3.8) is 0 Å². The van der Waals surface area contributed by atoms with E-state index in [4.69, 9.17) is 0 Å². The molecule has 0 bridgehead atoms. The van der Waals surface area contributed by atoms with Gasteiger partial charge in [0, 0.05) is 31.9 Å². The van der Waals surface area contributed by atoms with Crippen LogP contribution in [0.5, 0.6) is 0 Å². The van der Waals surface area contributed by atoms with Crippen molar-refractivity contribution in [1.82, 2.24) is 15.0 Å². The van der Waals surface area contributed by atoms with Crippen molar-refractivity contribution in [1.29, 1.82) is 0 Å². The van der Waals surface area contributed by atoms with Crippen LogP contribution in [0, 0.1) is 23.7 Å². The summed E-state index contributed by atoms with van der Waals surface area (Å²) in [6.45, 7) is 7.21. The Kier molecular flexibility index (Phi) is 8.21. The van der Waals surface area contributed by atoms with Gasteiger partial charge < -0.3 is 5.32 Å². The third-order valence-corrected chi connectivity index (χ3v) is 7.73. The van der Waals surface area contributed by atoms with Crippen LogP contribution in [0.4, 0.5) is 0 Å². The summed E-state index contributed by atoms with van der Waals surface area (Å²) in [6, 6.07) is 12.2. The largest absolute Gasteiger partial charge is 0.352 e. The summed E-state index contributed by atoms with van der Waals surface area (Å²) in [7, 11) is -3.54. The van der Waals surface area contributed by atoms with Crippen molar-refractivity contribution in [2.45, 2.75) is 45.1 Å². The summed E-state index contributed by atoms with van der Waals surface area (Å²) in [4.78, 5) is 16.9. The molecule has 1 amide bonds. The van der Waals surface area contributed by atoms with Gasteiger partial charge >= 0.3 is 0 Å². The van der Waals surface area contributed by atoms with Crippen molar-refractivity contribution in [2.75, 3.05) is 6.54 Å². The van der Waals surface area contributed by atoms with E-state index in [0.717, 1.165) is 17.6 Å². The standard InChI is InChI=1S/C25H33N3O3S/c1-18(2)24-13-21(14-25(29)27-16-20-8-7-11-26-15-20)19(3)12-22(24)17-28-32(30,31)23-9-5-4-6-10-23/h4-12,15,18,21-22,24,28H,13-14,16-17H2,1-3H3,(H,27,29). The molecule has 0 saturated heterocycles. The molecule has 0 radical (unpaired) electrons. The number of carbonyl (C=O) groups is 1. The molecule has 7 heteroatoms. The minimum absolute atomic E-state index is 0.0253. The molecule has 0 spiro atoms. The Morgan fingerprint density at radius 3 is 2.56 bits per heavy atom. The van der Waals surface area contributed by atoms with Crippen molar-refractivity contribution in [2.24, 2.45) is 23.7 Å². The molecule has 0 aliphatic heterocycles. The molecule has 0 fully saturated rings. The monoisotopic (exact) mass is 455 g/mol. The molecule has 3 rings (SSSR count). The molecule has 3 unspecified atom stereocenters. The highest BCUT2D eigenvalue weighted by Gasteiger charge is 2.33. The van der Waals surface area contributed by atoms with Crippen LogP contribution in [0.2, 0.25) is 0 Å². The van der Waals surface area contributed by atoms with Crippen LogP contribution in [-0.4, -0.2) is 25.9 Å². The van der Waals surface area contributed by atoms with Gasteiger partial charge in [-0.15, -0.1) is 0 Å². The SMILES string of the molecule is CC1=CC(CNS(=O)(=O)c2ccccc2)C(C(C)C)CC1CC(=O)NCc1cccnc1. The van der Waals surface area contributed by atoms with E-state index in [1.54, 1.807) is 42.7 Å². The molecule has 3 atom stereocenters. The van der Waals surface area contributed by atoms with E-state index in [9.17, 15) is 13.2 Å². The van der Waals surface area contributed by atoms with Crippen LogP contribution >= 0.6 is 0 Å². The highest BCUT2D eigenvalue weighted by Crippen LogP contribution is 2.38. The third kappa shape index (κ3) is 6.50. The number of aromatic nitrogens is 1. The normalized spacial score (nSPS) is 21.2. The topological polar surface area (TPSA) is 88.2 Å². The Bertz CT molecular complexity index is 1020. The van der Waals surface area contributed by atoms with E-state index in [2.05, 4.69) is 34.9 Å². The second-order valence-corrected chi connectivity index (χ2v) is 10.7. The van der Waals surface area contributed by atoms with Gasteiger partial charge in [0.25, 0.3) is 0 Å². The number of allylic oxidation sites excluding steroid dienone is 1. The highest BCUT2D eigenvalue weighted by atomic mass is 32.2. The number of sulfonamides is 1. The first-order chi connectivity index (χ1) is 15.3. The summed E-state index contributed by atoms with van der Waals surface area (Å²) < 4.78 is 28.1. The number of rotatable bonds is 9. The molecule has 0 saturated carbocycles. The molecule has 1 aromatic heterocycles. The second kappa shape index (κ2) is 10.9. The van der Waals surface area contributed by atoms with Gasteiger partial charge in [0.1, 0.15) is 0 Å². The number of nitrogens with zero attached hydrogens (tertiary/aromatic N) is 1. The maximum atomic E-state index is 12.6. The van der Waals surface area contributed by atoms with E-state index < -0.39 is 10.0 Å². The number of benzene rings is 1. The Hall–Kier alpha value is -2.51.